The van der Waals surface area contributed by atoms with Gasteiger partial charge in [0.25, 0.3) is 5.56 Å². The van der Waals surface area contributed by atoms with Crippen LogP contribution < -0.4 is 16.6 Å². The Balaban J connectivity index is 1.84. The van der Waals surface area contributed by atoms with Gasteiger partial charge in [0.05, 0.1) is 24.4 Å². The van der Waals surface area contributed by atoms with E-state index in [2.05, 4.69) is 10.3 Å². The molecule has 0 radical (unpaired) electrons. The molecule has 13 nitrogen and oxygen atoms in total. The number of benzene rings is 1. The third-order valence-electron chi connectivity index (χ3n) is 5.96. The number of aromatic nitrogens is 5. The summed E-state index contributed by atoms with van der Waals surface area (Å²) in [6.45, 7) is 4.14. The SMILES string of the molecule is Cn1c(C(CO)NC(=O)OC(C)(C)C)nc2c1c(=O)n(Cc1cc3c(Cl)cccc3n1C(=O)O)c(=O)n2C. The Bertz CT molecular complexity index is 1710. The molecule has 3 aromatic heterocycles. The second-order valence-electron chi connectivity index (χ2n) is 9.74. The van der Waals surface area contributed by atoms with Gasteiger partial charge >= 0.3 is 17.9 Å². The van der Waals surface area contributed by atoms with Gasteiger partial charge in [-0.25, -0.2) is 23.9 Å². The molecule has 1 atom stereocenters. The van der Waals surface area contributed by atoms with Crippen LogP contribution >= 0.6 is 11.6 Å². The third kappa shape index (κ3) is 4.65. The molecule has 0 spiro atoms. The molecule has 4 rings (SSSR count). The van der Waals surface area contributed by atoms with E-state index in [1.165, 1.54) is 24.7 Å². The van der Waals surface area contributed by atoms with Crippen molar-refractivity contribution < 1.29 is 24.5 Å². The van der Waals surface area contributed by atoms with E-state index < -0.39 is 41.7 Å². The number of carbonyl (C=O) groups is 2. The predicted octanol–water partition coefficient (Wildman–Crippen LogP) is 2.17. The van der Waals surface area contributed by atoms with E-state index in [0.717, 1.165) is 13.7 Å². The van der Waals surface area contributed by atoms with Crippen LogP contribution in [0.4, 0.5) is 9.59 Å². The van der Waals surface area contributed by atoms with Crippen LogP contribution in [0.1, 0.15) is 38.3 Å². The molecule has 4 aromatic rings. The Morgan fingerprint density at radius 3 is 2.47 bits per heavy atom. The van der Waals surface area contributed by atoms with Gasteiger partial charge in [-0.05, 0) is 39.0 Å². The predicted molar refractivity (Wildman–Crippen MR) is 139 cm³/mol. The number of hydrogen-bond acceptors (Lipinski definition) is 7. The van der Waals surface area contributed by atoms with Gasteiger partial charge in [0, 0.05) is 24.5 Å². The fraction of sp³-hybridized carbons (Fsp3) is 0.375. The van der Waals surface area contributed by atoms with E-state index in [4.69, 9.17) is 16.3 Å². The summed E-state index contributed by atoms with van der Waals surface area (Å²) in [6, 6.07) is 5.26. The Morgan fingerprint density at radius 2 is 1.87 bits per heavy atom. The number of fused-ring (bicyclic) bond motifs is 2. The number of nitrogens with zero attached hydrogens (tertiary/aromatic N) is 5. The molecule has 1 aromatic carbocycles. The smallest absolute Gasteiger partial charge is 0.416 e. The highest BCUT2D eigenvalue weighted by Gasteiger charge is 2.27. The van der Waals surface area contributed by atoms with Crippen molar-refractivity contribution in [3.05, 3.63) is 61.6 Å². The standard InChI is InChI=1S/C24H27ClN6O7/c1-24(2,3)38-21(34)26-15(11-32)18-27-19-17(28(18)4)20(33)30(22(35)29(19)5)10-12-9-13-14(25)7-6-8-16(13)31(12)23(36)37/h6-9,15,32H,10-11H2,1-5H3,(H,26,34)(H,36,37). The zero-order valence-electron chi connectivity index (χ0n) is 21.4. The molecule has 0 aliphatic carbocycles. The maximum absolute atomic E-state index is 13.6. The molecule has 1 unspecified atom stereocenters. The quantitative estimate of drug-likeness (QED) is 0.343. The number of rotatable bonds is 5. The molecular formula is C24H27ClN6O7. The first kappa shape index (κ1) is 26.9. The van der Waals surface area contributed by atoms with Gasteiger partial charge < -0.3 is 24.8 Å². The van der Waals surface area contributed by atoms with Crippen molar-refractivity contribution in [3.63, 3.8) is 0 Å². The lowest BCUT2D eigenvalue weighted by molar-refractivity contribution is 0.0477. The second-order valence-corrected chi connectivity index (χ2v) is 10.1. The summed E-state index contributed by atoms with van der Waals surface area (Å²) in [6.07, 6.45) is -2.10. The minimum absolute atomic E-state index is 0.0163. The van der Waals surface area contributed by atoms with Gasteiger partial charge in [-0.3, -0.25) is 13.9 Å². The first-order chi connectivity index (χ1) is 17.7. The molecule has 3 N–H and O–H groups in total. The third-order valence-corrected chi connectivity index (χ3v) is 6.29. The number of ether oxygens (including phenoxy) is 1. The molecule has 0 aliphatic rings. The number of alkyl carbamates (subject to hydrolysis) is 1. The lowest BCUT2D eigenvalue weighted by atomic mass is 10.2. The van der Waals surface area contributed by atoms with Crippen LogP contribution in [-0.4, -0.2) is 57.9 Å². The molecule has 0 saturated heterocycles. The van der Waals surface area contributed by atoms with Crippen molar-refractivity contribution >= 4 is 45.9 Å². The normalized spacial score (nSPS) is 12.7. The largest absolute Gasteiger partial charge is 0.464 e. The lowest BCUT2D eigenvalue weighted by Gasteiger charge is -2.22. The van der Waals surface area contributed by atoms with Gasteiger partial charge in [-0.2, -0.15) is 0 Å². The van der Waals surface area contributed by atoms with Crippen LogP contribution in [0.25, 0.3) is 22.1 Å². The average Bonchev–Trinajstić information content (AvgIpc) is 3.36. The number of imidazole rings is 1. The summed E-state index contributed by atoms with van der Waals surface area (Å²) in [5.74, 6) is 0.115. The van der Waals surface area contributed by atoms with E-state index in [9.17, 15) is 29.4 Å². The molecule has 0 aliphatic heterocycles. The minimum Gasteiger partial charge on any atom is -0.464 e. The van der Waals surface area contributed by atoms with Crippen molar-refractivity contribution in [1.29, 1.82) is 0 Å². The molecular weight excluding hydrogens is 520 g/mol. The maximum atomic E-state index is 13.6. The van der Waals surface area contributed by atoms with Crippen molar-refractivity contribution in [2.45, 2.75) is 39.0 Å². The molecule has 0 saturated carbocycles. The zero-order chi connectivity index (χ0) is 28.1. The second kappa shape index (κ2) is 9.65. The maximum Gasteiger partial charge on any atom is 0.416 e. The number of aliphatic hydroxyl groups is 1. The lowest BCUT2D eigenvalue weighted by Crippen LogP contribution is -2.40. The first-order valence-electron chi connectivity index (χ1n) is 11.5. The highest BCUT2D eigenvalue weighted by Crippen LogP contribution is 2.27. The average molecular weight is 547 g/mol. The summed E-state index contributed by atoms with van der Waals surface area (Å²) in [5, 5.41) is 23.1. The Morgan fingerprint density at radius 1 is 1.18 bits per heavy atom. The number of carbonyl (C=O) groups excluding carboxylic acids is 1. The van der Waals surface area contributed by atoms with E-state index in [-0.39, 0.29) is 29.2 Å². The summed E-state index contributed by atoms with van der Waals surface area (Å²) in [5.41, 5.74) is -1.74. The van der Waals surface area contributed by atoms with Gasteiger partial charge in [0.15, 0.2) is 11.2 Å². The summed E-state index contributed by atoms with van der Waals surface area (Å²) < 4.78 is 9.62. The Kier molecular flexibility index (Phi) is 6.84. The molecule has 3 heterocycles. The van der Waals surface area contributed by atoms with Gasteiger partial charge in [-0.1, -0.05) is 17.7 Å². The summed E-state index contributed by atoms with van der Waals surface area (Å²) in [7, 11) is 2.92. The zero-order valence-corrected chi connectivity index (χ0v) is 22.1. The monoisotopic (exact) mass is 546 g/mol. The van der Waals surface area contributed by atoms with E-state index in [1.807, 2.05) is 0 Å². The summed E-state index contributed by atoms with van der Waals surface area (Å²) in [4.78, 5) is 55.5. The van der Waals surface area contributed by atoms with Crippen LogP contribution in [-0.2, 0) is 25.4 Å². The molecule has 1 amide bonds. The number of nitrogens with one attached hydrogen (secondary N) is 1. The summed E-state index contributed by atoms with van der Waals surface area (Å²) >= 11 is 6.24. The van der Waals surface area contributed by atoms with Gasteiger partial charge in [0.2, 0.25) is 0 Å². The van der Waals surface area contributed by atoms with Crippen molar-refractivity contribution in [2.24, 2.45) is 14.1 Å². The van der Waals surface area contributed by atoms with Crippen LogP contribution in [0.3, 0.4) is 0 Å². The molecule has 14 heteroatoms. The fourth-order valence-electron chi connectivity index (χ4n) is 4.31. The van der Waals surface area contributed by atoms with Crippen molar-refractivity contribution in [2.75, 3.05) is 6.61 Å². The number of aryl methyl sites for hydroxylation is 2. The first-order valence-corrected chi connectivity index (χ1v) is 11.9. The van der Waals surface area contributed by atoms with Crippen LogP contribution in [0.15, 0.2) is 33.9 Å². The minimum atomic E-state index is -1.30. The number of amides is 1. The van der Waals surface area contributed by atoms with E-state index in [0.29, 0.717) is 15.9 Å². The van der Waals surface area contributed by atoms with Crippen molar-refractivity contribution in [3.8, 4) is 0 Å². The van der Waals surface area contributed by atoms with Crippen LogP contribution in [0, 0.1) is 0 Å². The molecule has 202 valence electrons. The van der Waals surface area contributed by atoms with Crippen LogP contribution in [0.2, 0.25) is 5.02 Å². The Labute approximate surface area is 220 Å². The molecule has 38 heavy (non-hydrogen) atoms. The Hall–Kier alpha value is -4.10. The number of carboxylic acid groups (broad SMARTS) is 1. The van der Waals surface area contributed by atoms with Crippen molar-refractivity contribution in [1.82, 2.24) is 28.6 Å². The topological polar surface area (TPSA) is 163 Å². The fourth-order valence-corrected chi connectivity index (χ4v) is 4.53. The highest BCUT2D eigenvalue weighted by atomic mass is 35.5. The number of halogens is 1. The van der Waals surface area contributed by atoms with E-state index in [1.54, 1.807) is 39.0 Å². The van der Waals surface area contributed by atoms with Crippen LogP contribution in [0.5, 0.6) is 0 Å². The molecule has 0 fully saturated rings. The highest BCUT2D eigenvalue weighted by molar-refractivity contribution is 6.35. The van der Waals surface area contributed by atoms with Gasteiger partial charge in [-0.15, -0.1) is 0 Å². The number of aliphatic hydroxyl groups excluding tert-OH is 1. The van der Waals surface area contributed by atoms with E-state index >= 15 is 0 Å². The van der Waals surface area contributed by atoms with Gasteiger partial charge in [0.1, 0.15) is 17.5 Å². The number of hydrogen-bond donors (Lipinski definition) is 3. The molecule has 0 bridgehead atoms.